The maximum absolute atomic E-state index is 11.6. The predicted octanol–water partition coefficient (Wildman–Crippen LogP) is 1.94. The molecule has 0 bridgehead atoms. The molecule has 0 heterocycles. The Morgan fingerprint density at radius 3 is 2.75 bits per heavy atom. The molecule has 3 nitrogen and oxygen atoms in total. The van der Waals surface area contributed by atoms with Gasteiger partial charge in [0, 0.05) is 0 Å². The van der Waals surface area contributed by atoms with Gasteiger partial charge in [0.1, 0.15) is 6.61 Å². The van der Waals surface area contributed by atoms with Crippen molar-refractivity contribution >= 4 is 5.97 Å². The minimum absolute atomic E-state index is 0.0322. The summed E-state index contributed by atoms with van der Waals surface area (Å²) in [4.78, 5) is 11.6. The summed E-state index contributed by atoms with van der Waals surface area (Å²) in [5, 5.41) is 8.59. The van der Waals surface area contributed by atoms with Crippen LogP contribution in [0.5, 0.6) is 0 Å². The van der Waals surface area contributed by atoms with Gasteiger partial charge in [-0.1, -0.05) is 36.4 Å². The van der Waals surface area contributed by atoms with Gasteiger partial charge in [-0.05, 0) is 17.2 Å². The van der Waals surface area contributed by atoms with E-state index in [9.17, 15) is 4.79 Å². The first-order valence-electron chi connectivity index (χ1n) is 5.08. The smallest absolute Gasteiger partial charge is 0.338 e. The van der Waals surface area contributed by atoms with Crippen LogP contribution in [0, 0.1) is 0 Å². The summed E-state index contributed by atoms with van der Waals surface area (Å²) in [5.41, 5.74) is 2.41. The van der Waals surface area contributed by atoms with E-state index in [1.807, 2.05) is 36.4 Å². The maximum Gasteiger partial charge on any atom is 0.338 e. The van der Waals surface area contributed by atoms with Crippen molar-refractivity contribution in [3.63, 3.8) is 0 Å². The van der Waals surface area contributed by atoms with Crippen molar-refractivity contribution in [2.45, 2.75) is 0 Å². The lowest BCUT2D eigenvalue weighted by atomic mass is 10.1. The highest BCUT2D eigenvalue weighted by Crippen LogP contribution is 2.27. The number of ether oxygens (including phenoxy) is 1. The first-order valence-corrected chi connectivity index (χ1v) is 5.08. The van der Waals surface area contributed by atoms with Crippen LogP contribution < -0.4 is 0 Å². The number of carbonyl (C=O) groups is 1. The summed E-state index contributed by atoms with van der Waals surface area (Å²) in [6, 6.07) is 13.2. The summed E-state index contributed by atoms with van der Waals surface area (Å²) in [5.74, 6) is -0.393. The zero-order valence-electron chi connectivity index (χ0n) is 8.72. The second-order valence-corrected chi connectivity index (χ2v) is 3.39. The van der Waals surface area contributed by atoms with Crippen LogP contribution in [0.3, 0.4) is 0 Å². The van der Waals surface area contributed by atoms with Gasteiger partial charge in [0.15, 0.2) is 0 Å². The SMILES string of the molecule is O=C(OCCO)c1ccc2cccccc1-2. The second kappa shape index (κ2) is 4.77. The summed E-state index contributed by atoms with van der Waals surface area (Å²) in [6.07, 6.45) is 0. The van der Waals surface area contributed by atoms with Gasteiger partial charge >= 0.3 is 5.97 Å². The molecule has 0 aliphatic heterocycles. The van der Waals surface area contributed by atoms with E-state index in [1.165, 1.54) is 0 Å². The lowest BCUT2D eigenvalue weighted by Gasteiger charge is -2.02. The molecule has 3 heteroatoms. The van der Waals surface area contributed by atoms with Crippen LogP contribution in [0.2, 0.25) is 0 Å². The summed E-state index contributed by atoms with van der Waals surface area (Å²) >= 11 is 0. The van der Waals surface area contributed by atoms with Crippen LogP contribution in [-0.4, -0.2) is 24.3 Å². The van der Waals surface area contributed by atoms with Gasteiger partial charge in [-0.25, -0.2) is 4.79 Å². The predicted molar refractivity (Wildman–Crippen MR) is 60.4 cm³/mol. The molecule has 0 radical (unpaired) electrons. The van der Waals surface area contributed by atoms with Crippen molar-refractivity contribution in [3.8, 4) is 11.1 Å². The van der Waals surface area contributed by atoms with Crippen LogP contribution in [0.4, 0.5) is 0 Å². The molecule has 0 spiro atoms. The van der Waals surface area contributed by atoms with E-state index in [0.29, 0.717) is 5.56 Å². The topological polar surface area (TPSA) is 46.5 Å². The minimum atomic E-state index is -0.393. The van der Waals surface area contributed by atoms with E-state index >= 15 is 0 Å². The highest BCUT2D eigenvalue weighted by Gasteiger charge is 2.15. The molecule has 0 saturated heterocycles. The fourth-order valence-corrected chi connectivity index (χ4v) is 1.61. The molecule has 0 atom stereocenters. The van der Waals surface area contributed by atoms with Gasteiger partial charge in [-0.2, -0.15) is 0 Å². The molecule has 2 aliphatic carbocycles. The van der Waals surface area contributed by atoms with Crippen LogP contribution in [0.25, 0.3) is 11.1 Å². The minimum Gasteiger partial charge on any atom is -0.460 e. The number of rotatable bonds is 3. The van der Waals surface area contributed by atoms with Crippen molar-refractivity contribution in [2.75, 3.05) is 13.2 Å². The average Bonchev–Trinajstić information content (AvgIpc) is 2.55. The first kappa shape index (κ1) is 10.6. The standard InChI is InChI=1S/C13H12O3/c14-8-9-16-13(15)12-7-6-10-4-2-1-3-5-11(10)12/h1-7,14H,8-9H2. The molecule has 0 aromatic rings. The molecule has 2 rings (SSSR count). The van der Waals surface area contributed by atoms with E-state index in [0.717, 1.165) is 11.1 Å². The Balaban J connectivity index is 2.31. The molecule has 0 fully saturated rings. The Kier molecular flexibility index (Phi) is 3.17. The Hall–Kier alpha value is -1.87. The number of aliphatic hydroxyl groups is 1. The molecule has 0 saturated carbocycles. The lowest BCUT2D eigenvalue weighted by Crippen LogP contribution is -2.08. The molecule has 16 heavy (non-hydrogen) atoms. The van der Waals surface area contributed by atoms with Crippen LogP contribution in [0.15, 0.2) is 42.5 Å². The van der Waals surface area contributed by atoms with E-state index in [1.54, 1.807) is 6.07 Å². The third kappa shape index (κ3) is 2.04. The van der Waals surface area contributed by atoms with Crippen molar-refractivity contribution < 1.29 is 14.6 Å². The number of fused-ring (bicyclic) bond motifs is 1. The van der Waals surface area contributed by atoms with Crippen LogP contribution in [0.1, 0.15) is 10.4 Å². The number of aliphatic hydroxyl groups excluding tert-OH is 1. The van der Waals surface area contributed by atoms with E-state index in [2.05, 4.69) is 0 Å². The van der Waals surface area contributed by atoms with Gasteiger partial charge in [-0.3, -0.25) is 0 Å². The van der Waals surface area contributed by atoms with Crippen molar-refractivity contribution in [1.82, 2.24) is 0 Å². The van der Waals surface area contributed by atoms with Crippen molar-refractivity contribution in [3.05, 3.63) is 48.0 Å². The Bertz CT molecular complexity index is 465. The zero-order valence-corrected chi connectivity index (χ0v) is 8.72. The molecule has 0 aromatic heterocycles. The molecule has 1 N–H and O–H groups in total. The van der Waals surface area contributed by atoms with Gasteiger partial charge < -0.3 is 9.84 Å². The van der Waals surface area contributed by atoms with E-state index in [-0.39, 0.29) is 13.2 Å². The van der Waals surface area contributed by atoms with Crippen LogP contribution in [-0.2, 0) is 4.74 Å². The van der Waals surface area contributed by atoms with Gasteiger partial charge in [0.25, 0.3) is 0 Å². The molecular formula is C13H12O3. The first-order chi connectivity index (χ1) is 7.83. The van der Waals surface area contributed by atoms with Crippen molar-refractivity contribution in [2.24, 2.45) is 0 Å². The van der Waals surface area contributed by atoms with E-state index < -0.39 is 5.97 Å². The quantitative estimate of drug-likeness (QED) is 0.797. The molecule has 0 aromatic carbocycles. The fraction of sp³-hybridized carbons (Fsp3) is 0.154. The number of hydrogen-bond donors (Lipinski definition) is 1. The number of hydrogen-bond acceptors (Lipinski definition) is 3. The average molecular weight is 216 g/mol. The molecule has 0 unspecified atom stereocenters. The lowest BCUT2D eigenvalue weighted by molar-refractivity contribution is 0.0435. The highest BCUT2D eigenvalue weighted by atomic mass is 16.5. The number of carbonyl (C=O) groups excluding carboxylic acids is 1. The second-order valence-electron chi connectivity index (χ2n) is 3.39. The van der Waals surface area contributed by atoms with E-state index in [4.69, 9.17) is 9.84 Å². The van der Waals surface area contributed by atoms with Crippen molar-refractivity contribution in [1.29, 1.82) is 0 Å². The molecule has 0 amide bonds. The number of esters is 1. The Morgan fingerprint density at radius 1 is 1.12 bits per heavy atom. The van der Waals surface area contributed by atoms with Gasteiger partial charge in [-0.15, -0.1) is 0 Å². The fourth-order valence-electron chi connectivity index (χ4n) is 1.61. The Labute approximate surface area is 93.6 Å². The van der Waals surface area contributed by atoms with Gasteiger partial charge in [0.05, 0.1) is 12.2 Å². The third-order valence-corrected chi connectivity index (χ3v) is 2.34. The normalized spacial score (nSPS) is 10.3. The van der Waals surface area contributed by atoms with Gasteiger partial charge in [0.2, 0.25) is 0 Å². The highest BCUT2D eigenvalue weighted by molar-refractivity contribution is 5.98. The molecular weight excluding hydrogens is 204 g/mol. The maximum atomic E-state index is 11.6. The van der Waals surface area contributed by atoms with Crippen LogP contribution >= 0.6 is 0 Å². The summed E-state index contributed by atoms with van der Waals surface area (Å²) < 4.78 is 4.89. The zero-order chi connectivity index (χ0) is 11.4. The third-order valence-electron chi connectivity index (χ3n) is 2.34. The summed E-state index contributed by atoms with van der Waals surface area (Å²) in [6.45, 7) is -0.122. The Morgan fingerprint density at radius 2 is 1.94 bits per heavy atom. The molecule has 82 valence electrons. The largest absolute Gasteiger partial charge is 0.460 e. The summed E-state index contributed by atoms with van der Waals surface area (Å²) in [7, 11) is 0. The monoisotopic (exact) mass is 216 g/mol. The molecule has 2 aliphatic rings.